The van der Waals surface area contributed by atoms with Gasteiger partial charge in [-0.15, -0.1) is 6.58 Å². The van der Waals surface area contributed by atoms with Gasteiger partial charge in [0.05, 0.1) is 17.4 Å². The molecule has 0 spiro atoms. The Morgan fingerprint density at radius 1 is 1.50 bits per heavy atom. The van der Waals surface area contributed by atoms with Gasteiger partial charge in [-0.1, -0.05) is 25.8 Å². The zero-order valence-electron chi connectivity index (χ0n) is 11.7. The zero-order valence-corrected chi connectivity index (χ0v) is 11.7. The Bertz CT molecular complexity index is 357. The molecule has 1 unspecified atom stereocenters. The van der Waals surface area contributed by atoms with Crippen LogP contribution in [-0.2, 0) is 13.5 Å². The number of hydrazine groups is 1. The summed E-state index contributed by atoms with van der Waals surface area (Å²) in [6.07, 6.45) is 8.71. The summed E-state index contributed by atoms with van der Waals surface area (Å²) in [7, 11) is 1.98. The molecule has 0 radical (unpaired) electrons. The Balaban J connectivity index is 2.48. The van der Waals surface area contributed by atoms with Crippen LogP contribution in [0.5, 0.6) is 0 Å². The molecule has 4 nitrogen and oxygen atoms in total. The Labute approximate surface area is 110 Å². The highest BCUT2D eigenvalue weighted by atomic mass is 15.3. The highest BCUT2D eigenvalue weighted by Gasteiger charge is 2.14. The molecule has 0 aliphatic carbocycles. The third-order valence-corrected chi connectivity index (χ3v) is 3.29. The lowest BCUT2D eigenvalue weighted by Gasteiger charge is -2.15. The van der Waals surface area contributed by atoms with Gasteiger partial charge in [-0.25, -0.2) is 0 Å². The van der Waals surface area contributed by atoms with Crippen molar-refractivity contribution in [2.24, 2.45) is 12.9 Å². The minimum absolute atomic E-state index is 0.200. The quantitative estimate of drug-likeness (QED) is 0.306. The highest BCUT2D eigenvalue weighted by Crippen LogP contribution is 2.20. The fourth-order valence-electron chi connectivity index (χ4n) is 2.17. The van der Waals surface area contributed by atoms with Crippen LogP contribution in [0.1, 0.15) is 56.5 Å². The number of aryl methyl sites for hydroxylation is 2. The van der Waals surface area contributed by atoms with Gasteiger partial charge in [-0.2, -0.15) is 5.10 Å². The highest BCUT2D eigenvalue weighted by molar-refractivity contribution is 5.14. The average molecular weight is 250 g/mol. The van der Waals surface area contributed by atoms with Crippen LogP contribution in [0.25, 0.3) is 0 Å². The molecular weight excluding hydrogens is 224 g/mol. The minimum Gasteiger partial charge on any atom is -0.271 e. The first-order valence-corrected chi connectivity index (χ1v) is 6.82. The molecule has 0 aliphatic heterocycles. The molecule has 0 saturated carbocycles. The maximum absolute atomic E-state index is 5.66. The summed E-state index contributed by atoms with van der Waals surface area (Å²) in [5, 5.41) is 4.46. The van der Waals surface area contributed by atoms with Crippen molar-refractivity contribution in [3.63, 3.8) is 0 Å². The predicted molar refractivity (Wildman–Crippen MR) is 75.9 cm³/mol. The second-order valence-corrected chi connectivity index (χ2v) is 4.68. The van der Waals surface area contributed by atoms with E-state index >= 15 is 0 Å². The molecule has 1 heterocycles. The molecule has 3 N–H and O–H groups in total. The van der Waals surface area contributed by atoms with Crippen LogP contribution in [-0.4, -0.2) is 9.78 Å². The summed E-state index contributed by atoms with van der Waals surface area (Å²) in [5.41, 5.74) is 5.21. The number of aromatic nitrogens is 2. The molecule has 0 amide bonds. The standard InChI is InChI=1S/C14H26N4/c1-4-6-7-8-9-10-13(16-15)14-11-12(5-2)17-18(14)3/h4,11,13,16H,1,5-10,15H2,2-3H3. The third-order valence-electron chi connectivity index (χ3n) is 3.29. The van der Waals surface area contributed by atoms with Gasteiger partial charge in [0.15, 0.2) is 0 Å². The fraction of sp³-hybridized carbons (Fsp3) is 0.643. The SMILES string of the molecule is C=CCCCCCC(NN)c1cc(CC)nn1C. The van der Waals surface area contributed by atoms with Crippen LogP contribution in [0.2, 0.25) is 0 Å². The Kier molecular flexibility index (Phi) is 6.68. The van der Waals surface area contributed by atoms with Crippen molar-refractivity contribution in [1.29, 1.82) is 0 Å². The van der Waals surface area contributed by atoms with E-state index in [4.69, 9.17) is 5.84 Å². The number of unbranched alkanes of at least 4 members (excludes halogenated alkanes) is 3. The van der Waals surface area contributed by atoms with Gasteiger partial charge in [0.25, 0.3) is 0 Å². The van der Waals surface area contributed by atoms with Crippen molar-refractivity contribution in [1.82, 2.24) is 15.2 Å². The number of nitrogens with one attached hydrogen (secondary N) is 1. The van der Waals surface area contributed by atoms with E-state index in [1.165, 1.54) is 25.0 Å². The first kappa shape index (κ1) is 14.9. The molecule has 1 rings (SSSR count). The number of allylic oxidation sites excluding steroid dienone is 1. The van der Waals surface area contributed by atoms with Crippen molar-refractivity contribution < 1.29 is 0 Å². The van der Waals surface area contributed by atoms with E-state index in [-0.39, 0.29) is 6.04 Å². The maximum atomic E-state index is 5.66. The number of rotatable bonds is 9. The van der Waals surface area contributed by atoms with E-state index in [0.717, 1.165) is 25.0 Å². The Hall–Kier alpha value is -1.13. The summed E-state index contributed by atoms with van der Waals surface area (Å²) < 4.78 is 1.94. The summed E-state index contributed by atoms with van der Waals surface area (Å²) in [6.45, 7) is 5.85. The lowest BCUT2D eigenvalue weighted by molar-refractivity contribution is 0.456. The van der Waals surface area contributed by atoms with Crippen LogP contribution in [0, 0.1) is 0 Å². The predicted octanol–water partition coefficient (Wildman–Crippen LogP) is 2.62. The molecule has 4 heteroatoms. The average Bonchev–Trinajstić information content (AvgIpc) is 2.75. The largest absolute Gasteiger partial charge is 0.271 e. The Morgan fingerprint density at radius 3 is 2.83 bits per heavy atom. The van der Waals surface area contributed by atoms with Crippen LogP contribution in [0.15, 0.2) is 18.7 Å². The number of hydrogen-bond acceptors (Lipinski definition) is 3. The van der Waals surface area contributed by atoms with E-state index in [0.29, 0.717) is 0 Å². The fourth-order valence-corrected chi connectivity index (χ4v) is 2.17. The molecule has 0 fully saturated rings. The smallest absolute Gasteiger partial charge is 0.0629 e. The first-order chi connectivity index (χ1) is 8.72. The summed E-state index contributed by atoms with van der Waals surface area (Å²) in [4.78, 5) is 0. The number of nitrogens with two attached hydrogens (primary N) is 1. The molecule has 0 saturated heterocycles. The van der Waals surface area contributed by atoms with Crippen molar-refractivity contribution in [3.8, 4) is 0 Å². The first-order valence-electron chi connectivity index (χ1n) is 6.82. The zero-order chi connectivity index (χ0) is 13.4. The second-order valence-electron chi connectivity index (χ2n) is 4.68. The topological polar surface area (TPSA) is 55.9 Å². The van der Waals surface area contributed by atoms with Gasteiger partial charge < -0.3 is 0 Å². The number of nitrogens with zero attached hydrogens (tertiary/aromatic N) is 2. The van der Waals surface area contributed by atoms with Gasteiger partial charge in [-0.05, 0) is 31.7 Å². The molecule has 0 bridgehead atoms. The summed E-state index contributed by atoms with van der Waals surface area (Å²) in [6, 6.07) is 2.35. The normalized spacial score (nSPS) is 12.6. The van der Waals surface area contributed by atoms with Crippen LogP contribution in [0.3, 0.4) is 0 Å². The van der Waals surface area contributed by atoms with E-state index in [2.05, 4.69) is 30.1 Å². The van der Waals surface area contributed by atoms with Crippen LogP contribution < -0.4 is 11.3 Å². The summed E-state index contributed by atoms with van der Waals surface area (Å²) >= 11 is 0. The molecule has 1 aromatic rings. The third kappa shape index (κ3) is 4.27. The molecule has 1 aromatic heterocycles. The van der Waals surface area contributed by atoms with Crippen molar-refractivity contribution in [2.75, 3.05) is 0 Å². The lowest BCUT2D eigenvalue weighted by Crippen LogP contribution is -2.29. The molecule has 102 valence electrons. The Morgan fingerprint density at radius 2 is 2.28 bits per heavy atom. The van der Waals surface area contributed by atoms with Crippen molar-refractivity contribution in [3.05, 3.63) is 30.1 Å². The van der Waals surface area contributed by atoms with E-state index in [1.807, 2.05) is 17.8 Å². The molecular formula is C14H26N4. The van der Waals surface area contributed by atoms with E-state index < -0.39 is 0 Å². The van der Waals surface area contributed by atoms with Gasteiger partial charge in [0.2, 0.25) is 0 Å². The van der Waals surface area contributed by atoms with Gasteiger partial charge in [0.1, 0.15) is 0 Å². The van der Waals surface area contributed by atoms with Gasteiger partial charge in [-0.3, -0.25) is 16.0 Å². The van der Waals surface area contributed by atoms with Crippen molar-refractivity contribution >= 4 is 0 Å². The van der Waals surface area contributed by atoms with Gasteiger partial charge in [0, 0.05) is 7.05 Å². The number of hydrogen-bond donors (Lipinski definition) is 2. The molecule has 1 atom stereocenters. The molecule has 0 aromatic carbocycles. The second kappa shape index (κ2) is 8.06. The minimum atomic E-state index is 0.200. The van der Waals surface area contributed by atoms with Gasteiger partial charge >= 0.3 is 0 Å². The van der Waals surface area contributed by atoms with Crippen molar-refractivity contribution in [2.45, 2.75) is 51.5 Å². The summed E-state index contributed by atoms with van der Waals surface area (Å²) in [5.74, 6) is 5.66. The lowest BCUT2D eigenvalue weighted by atomic mass is 10.0. The van der Waals surface area contributed by atoms with E-state index in [1.54, 1.807) is 0 Å². The molecule has 18 heavy (non-hydrogen) atoms. The van der Waals surface area contributed by atoms with Crippen LogP contribution >= 0.6 is 0 Å². The van der Waals surface area contributed by atoms with Crippen LogP contribution in [0.4, 0.5) is 0 Å². The monoisotopic (exact) mass is 250 g/mol. The van der Waals surface area contributed by atoms with E-state index in [9.17, 15) is 0 Å². The maximum Gasteiger partial charge on any atom is 0.0629 e. The molecule has 0 aliphatic rings.